The van der Waals surface area contributed by atoms with Crippen molar-refractivity contribution in [3.8, 4) is 0 Å². The number of aromatic nitrogens is 2. The minimum absolute atomic E-state index is 0.194. The standard InChI is InChI=1S/C28H41N3O2/c1-19(2)25-17-23(30-31(25)20(3)4)24-18-28(15-9-7-5-6-8-10-16-28)26(29-24)21-11-13-22(14-12-21)27(32)33/h11-14,17,19-20,24,26,29H,5-10,15-16,18H2,1-4H3,(H,32,33). The maximum absolute atomic E-state index is 11.4. The maximum Gasteiger partial charge on any atom is 0.335 e. The third-order valence-electron chi connectivity index (χ3n) is 7.90. The molecule has 0 bridgehead atoms. The van der Waals surface area contributed by atoms with Crippen LogP contribution in [0.1, 0.15) is 137 Å². The summed E-state index contributed by atoms with van der Waals surface area (Å²) in [5.41, 5.74) is 4.23. The summed E-state index contributed by atoms with van der Waals surface area (Å²) in [4.78, 5) is 11.4. The number of rotatable bonds is 5. The van der Waals surface area contributed by atoms with E-state index in [9.17, 15) is 9.90 Å². The number of hydrogen-bond acceptors (Lipinski definition) is 3. The van der Waals surface area contributed by atoms with Crippen LogP contribution < -0.4 is 5.32 Å². The van der Waals surface area contributed by atoms with Gasteiger partial charge in [0.15, 0.2) is 0 Å². The molecule has 2 aromatic rings. The average Bonchev–Trinajstić information content (AvgIpc) is 3.41. The van der Waals surface area contributed by atoms with Crippen molar-refractivity contribution in [2.75, 3.05) is 0 Å². The Kier molecular flexibility index (Phi) is 7.28. The van der Waals surface area contributed by atoms with E-state index in [0.717, 1.165) is 12.1 Å². The van der Waals surface area contributed by atoms with Crippen LogP contribution in [-0.4, -0.2) is 20.9 Å². The monoisotopic (exact) mass is 451 g/mol. The molecule has 0 amide bonds. The van der Waals surface area contributed by atoms with Crippen molar-refractivity contribution in [3.63, 3.8) is 0 Å². The molecule has 5 heteroatoms. The molecule has 1 aromatic heterocycles. The van der Waals surface area contributed by atoms with Crippen molar-refractivity contribution in [2.45, 2.75) is 110 Å². The Morgan fingerprint density at radius 1 is 1.03 bits per heavy atom. The Labute approximate surface area is 199 Å². The summed E-state index contributed by atoms with van der Waals surface area (Å²) in [6.07, 6.45) is 11.4. The van der Waals surface area contributed by atoms with E-state index in [-0.39, 0.29) is 17.5 Å². The van der Waals surface area contributed by atoms with Crippen LogP contribution in [0, 0.1) is 5.41 Å². The van der Waals surface area contributed by atoms with Gasteiger partial charge in [-0.3, -0.25) is 4.68 Å². The van der Waals surface area contributed by atoms with Gasteiger partial charge in [0.25, 0.3) is 0 Å². The molecule has 2 N–H and O–H groups in total. The van der Waals surface area contributed by atoms with Crippen LogP contribution >= 0.6 is 0 Å². The van der Waals surface area contributed by atoms with E-state index in [2.05, 4.69) is 43.8 Å². The number of benzene rings is 1. The lowest BCUT2D eigenvalue weighted by Crippen LogP contribution is -2.29. The van der Waals surface area contributed by atoms with Crippen LogP contribution in [0.3, 0.4) is 0 Å². The second kappa shape index (κ2) is 10.0. The normalized spacial score (nSPS) is 23.6. The molecule has 2 unspecified atom stereocenters. The van der Waals surface area contributed by atoms with Crippen LogP contribution in [-0.2, 0) is 0 Å². The van der Waals surface area contributed by atoms with Crippen molar-refractivity contribution in [3.05, 3.63) is 52.8 Å². The summed E-state index contributed by atoms with van der Waals surface area (Å²) in [7, 11) is 0. The largest absolute Gasteiger partial charge is 0.478 e. The van der Waals surface area contributed by atoms with Crippen molar-refractivity contribution < 1.29 is 9.90 Å². The van der Waals surface area contributed by atoms with Gasteiger partial charge in [-0.2, -0.15) is 5.10 Å². The zero-order valence-corrected chi connectivity index (χ0v) is 20.8. The number of nitrogens with one attached hydrogen (secondary N) is 1. The molecule has 2 heterocycles. The Balaban J connectivity index is 1.70. The highest BCUT2D eigenvalue weighted by Gasteiger charge is 2.48. The first-order chi connectivity index (χ1) is 15.8. The van der Waals surface area contributed by atoms with E-state index < -0.39 is 5.97 Å². The molecule has 5 nitrogen and oxygen atoms in total. The van der Waals surface area contributed by atoms with Gasteiger partial charge in [0.1, 0.15) is 0 Å². The second-order valence-corrected chi connectivity index (χ2v) is 11.0. The van der Waals surface area contributed by atoms with Crippen molar-refractivity contribution in [1.29, 1.82) is 0 Å². The fourth-order valence-electron chi connectivity index (χ4n) is 6.14. The molecule has 180 valence electrons. The number of aromatic carboxylic acids is 1. The number of carbonyl (C=O) groups is 1. The highest BCUT2D eigenvalue weighted by Crippen LogP contribution is 2.55. The SMILES string of the molecule is CC(C)c1cc(C2CC3(CCCCCCCC3)C(c3ccc(C(=O)O)cc3)N2)nn1C(C)C. The van der Waals surface area contributed by atoms with Crippen molar-refractivity contribution in [2.24, 2.45) is 5.41 Å². The Morgan fingerprint density at radius 3 is 2.15 bits per heavy atom. The lowest BCUT2D eigenvalue weighted by Gasteiger charge is -2.35. The van der Waals surface area contributed by atoms with E-state index in [0.29, 0.717) is 17.5 Å². The molecule has 1 saturated carbocycles. The molecule has 33 heavy (non-hydrogen) atoms. The minimum Gasteiger partial charge on any atom is -0.478 e. The van der Waals surface area contributed by atoms with E-state index >= 15 is 0 Å². The van der Waals surface area contributed by atoms with Gasteiger partial charge in [-0.15, -0.1) is 0 Å². The summed E-state index contributed by atoms with van der Waals surface area (Å²) in [6.45, 7) is 8.90. The Morgan fingerprint density at radius 2 is 1.64 bits per heavy atom. The first kappa shape index (κ1) is 24.0. The first-order valence-electron chi connectivity index (χ1n) is 13.0. The summed E-state index contributed by atoms with van der Waals surface area (Å²) in [5, 5.41) is 18.5. The minimum atomic E-state index is -0.864. The van der Waals surface area contributed by atoms with Crippen LogP contribution in [0.15, 0.2) is 30.3 Å². The lowest BCUT2D eigenvalue weighted by atomic mass is 9.70. The lowest BCUT2D eigenvalue weighted by molar-refractivity contribution is 0.0697. The topological polar surface area (TPSA) is 67.2 Å². The quantitative estimate of drug-likeness (QED) is 0.505. The third-order valence-corrected chi connectivity index (χ3v) is 7.90. The third kappa shape index (κ3) is 5.03. The van der Waals surface area contributed by atoms with Gasteiger partial charge in [0.2, 0.25) is 0 Å². The zero-order valence-electron chi connectivity index (χ0n) is 20.8. The molecular formula is C28H41N3O2. The number of nitrogens with zero attached hydrogens (tertiary/aromatic N) is 2. The van der Waals surface area contributed by atoms with E-state index in [1.807, 2.05) is 12.1 Å². The van der Waals surface area contributed by atoms with E-state index in [4.69, 9.17) is 5.10 Å². The molecule has 1 spiro atoms. The maximum atomic E-state index is 11.4. The molecule has 2 fully saturated rings. The predicted molar refractivity (Wildman–Crippen MR) is 133 cm³/mol. The molecule has 2 atom stereocenters. The highest BCUT2D eigenvalue weighted by atomic mass is 16.4. The number of hydrogen-bond donors (Lipinski definition) is 2. The smallest absolute Gasteiger partial charge is 0.335 e. The van der Waals surface area contributed by atoms with Gasteiger partial charge >= 0.3 is 5.97 Å². The van der Waals surface area contributed by atoms with Gasteiger partial charge < -0.3 is 10.4 Å². The number of carboxylic acid groups (broad SMARTS) is 1. The summed E-state index contributed by atoms with van der Waals surface area (Å²) < 4.78 is 2.20. The van der Waals surface area contributed by atoms with E-state index in [1.54, 1.807) is 12.1 Å². The summed E-state index contributed by atoms with van der Waals surface area (Å²) >= 11 is 0. The molecule has 1 aromatic carbocycles. The molecule has 4 rings (SSSR count). The van der Waals surface area contributed by atoms with Crippen LogP contribution in [0.2, 0.25) is 0 Å². The van der Waals surface area contributed by atoms with Gasteiger partial charge in [-0.25, -0.2) is 4.79 Å². The summed E-state index contributed by atoms with van der Waals surface area (Å²) in [6, 6.07) is 10.7. The molecular weight excluding hydrogens is 410 g/mol. The van der Waals surface area contributed by atoms with Crippen LogP contribution in [0.5, 0.6) is 0 Å². The first-order valence-corrected chi connectivity index (χ1v) is 13.0. The Hall–Kier alpha value is -2.14. The van der Waals surface area contributed by atoms with E-state index in [1.165, 1.54) is 62.6 Å². The fourth-order valence-corrected chi connectivity index (χ4v) is 6.14. The van der Waals surface area contributed by atoms with Gasteiger partial charge in [-0.05, 0) is 68.2 Å². The van der Waals surface area contributed by atoms with Gasteiger partial charge in [0, 0.05) is 17.8 Å². The highest BCUT2D eigenvalue weighted by molar-refractivity contribution is 5.87. The molecule has 1 saturated heterocycles. The molecule has 2 aliphatic rings. The molecule has 1 aliphatic heterocycles. The van der Waals surface area contributed by atoms with Crippen LogP contribution in [0.4, 0.5) is 0 Å². The van der Waals surface area contributed by atoms with Crippen molar-refractivity contribution in [1.82, 2.24) is 15.1 Å². The second-order valence-electron chi connectivity index (χ2n) is 11.0. The number of carboxylic acids is 1. The van der Waals surface area contributed by atoms with Crippen LogP contribution in [0.25, 0.3) is 0 Å². The van der Waals surface area contributed by atoms with Crippen molar-refractivity contribution >= 4 is 5.97 Å². The van der Waals surface area contributed by atoms with Gasteiger partial charge in [0.05, 0.1) is 17.3 Å². The average molecular weight is 452 g/mol. The fraction of sp³-hybridized carbons (Fsp3) is 0.643. The molecule has 0 radical (unpaired) electrons. The zero-order chi connectivity index (χ0) is 23.6. The summed E-state index contributed by atoms with van der Waals surface area (Å²) in [5.74, 6) is -0.426. The van der Waals surface area contributed by atoms with Gasteiger partial charge in [-0.1, -0.05) is 64.5 Å². The predicted octanol–water partition coefficient (Wildman–Crippen LogP) is 7.18. The molecule has 1 aliphatic carbocycles. The Bertz CT molecular complexity index is 909.